The van der Waals surface area contributed by atoms with E-state index in [0.717, 1.165) is 0 Å². The molecule has 0 spiro atoms. The predicted molar refractivity (Wildman–Crippen MR) is 99.4 cm³/mol. The summed E-state index contributed by atoms with van der Waals surface area (Å²) >= 11 is 0. The van der Waals surface area contributed by atoms with Crippen LogP contribution >= 0.6 is 0 Å². The lowest BCUT2D eigenvalue weighted by atomic mass is 9.83. The number of aromatic nitrogens is 1. The number of aliphatic hydroxyl groups excluding tert-OH is 1. The SMILES string of the molecule is CCOc1ccccc1[C@H]1C(C#N)=C(N)Oc2cc(C)n(CCO)c(=O)c21. The molecule has 140 valence electrons. The minimum absolute atomic E-state index is 0.0278. The molecule has 0 saturated heterocycles. The van der Waals surface area contributed by atoms with Crippen LogP contribution in [0.15, 0.2) is 46.6 Å². The topological polar surface area (TPSA) is 110 Å². The molecular weight excluding hydrogens is 346 g/mol. The quantitative estimate of drug-likeness (QED) is 0.833. The van der Waals surface area contributed by atoms with Crippen molar-refractivity contribution >= 4 is 0 Å². The van der Waals surface area contributed by atoms with Crippen molar-refractivity contribution in [2.24, 2.45) is 5.73 Å². The average molecular weight is 367 g/mol. The number of allylic oxidation sites excluding steroid dienone is 1. The van der Waals surface area contributed by atoms with E-state index in [9.17, 15) is 15.2 Å². The number of ether oxygens (including phenoxy) is 2. The zero-order chi connectivity index (χ0) is 19.6. The Hall–Kier alpha value is -3.24. The van der Waals surface area contributed by atoms with Crippen LogP contribution in [0.25, 0.3) is 0 Å². The van der Waals surface area contributed by atoms with Crippen LogP contribution in [0.5, 0.6) is 11.5 Å². The summed E-state index contributed by atoms with van der Waals surface area (Å²) in [6, 6.07) is 11.0. The first-order valence-corrected chi connectivity index (χ1v) is 8.67. The number of nitrogens with zero attached hydrogens (tertiary/aromatic N) is 2. The summed E-state index contributed by atoms with van der Waals surface area (Å²) in [6.07, 6.45) is 0. The number of nitriles is 1. The fraction of sp³-hybridized carbons (Fsp3) is 0.300. The van der Waals surface area contributed by atoms with Crippen molar-refractivity contribution in [3.05, 3.63) is 69.0 Å². The molecule has 0 radical (unpaired) electrons. The number of fused-ring (bicyclic) bond motifs is 1. The standard InChI is InChI=1S/C20H21N3O4/c1-3-26-15-7-5-4-6-13(15)17-14(11-21)19(22)27-16-10-12(2)23(8-9-24)20(25)18(16)17/h4-7,10,17,24H,3,8-9,22H2,1-2H3/t17-/m0/s1. The van der Waals surface area contributed by atoms with Crippen LogP contribution in [0.3, 0.4) is 0 Å². The van der Waals surface area contributed by atoms with Crippen LogP contribution in [0.2, 0.25) is 0 Å². The van der Waals surface area contributed by atoms with Crippen LogP contribution in [0.1, 0.15) is 29.7 Å². The van der Waals surface area contributed by atoms with Gasteiger partial charge in [0.25, 0.3) is 5.56 Å². The minimum Gasteiger partial charge on any atom is -0.494 e. The molecule has 3 N–H and O–H groups in total. The summed E-state index contributed by atoms with van der Waals surface area (Å²) < 4.78 is 12.8. The normalized spacial score (nSPS) is 15.7. The van der Waals surface area contributed by atoms with E-state index in [4.69, 9.17) is 15.2 Å². The second-order valence-corrected chi connectivity index (χ2v) is 6.14. The van der Waals surface area contributed by atoms with Crippen molar-refractivity contribution in [2.75, 3.05) is 13.2 Å². The molecule has 3 rings (SSSR count). The Bertz CT molecular complexity index is 1000. The van der Waals surface area contributed by atoms with E-state index in [-0.39, 0.29) is 30.2 Å². The predicted octanol–water partition coefficient (Wildman–Crippen LogP) is 1.77. The smallest absolute Gasteiger partial charge is 0.258 e. The van der Waals surface area contributed by atoms with Gasteiger partial charge in [-0.05, 0) is 19.9 Å². The van der Waals surface area contributed by atoms with Crippen LogP contribution in [-0.4, -0.2) is 22.9 Å². The third-order valence-corrected chi connectivity index (χ3v) is 4.54. The molecule has 1 aliphatic heterocycles. The van der Waals surface area contributed by atoms with Gasteiger partial charge in [0.05, 0.1) is 24.7 Å². The van der Waals surface area contributed by atoms with Crippen molar-refractivity contribution < 1.29 is 14.6 Å². The molecular formula is C20H21N3O4. The summed E-state index contributed by atoms with van der Waals surface area (Å²) in [4.78, 5) is 13.2. The maximum Gasteiger partial charge on any atom is 0.258 e. The Labute approximate surface area is 156 Å². The van der Waals surface area contributed by atoms with Crippen LogP contribution in [0.4, 0.5) is 0 Å². The van der Waals surface area contributed by atoms with E-state index in [1.165, 1.54) is 4.57 Å². The fourth-order valence-electron chi connectivity index (χ4n) is 3.38. The molecule has 7 heteroatoms. The van der Waals surface area contributed by atoms with Crippen LogP contribution in [-0.2, 0) is 6.54 Å². The Morgan fingerprint density at radius 2 is 2.15 bits per heavy atom. The molecule has 0 fully saturated rings. The van der Waals surface area contributed by atoms with Gasteiger partial charge in [0.1, 0.15) is 23.1 Å². The fourth-order valence-corrected chi connectivity index (χ4v) is 3.38. The van der Waals surface area contributed by atoms with Gasteiger partial charge in [0.15, 0.2) is 0 Å². The number of rotatable bonds is 5. The molecule has 1 aromatic heterocycles. The number of aliphatic hydroxyl groups is 1. The van der Waals surface area contributed by atoms with E-state index < -0.39 is 5.92 Å². The number of nitrogens with two attached hydrogens (primary N) is 1. The average Bonchev–Trinajstić information content (AvgIpc) is 2.65. The summed E-state index contributed by atoms with van der Waals surface area (Å²) in [5, 5.41) is 19.0. The number of para-hydroxylation sites is 1. The van der Waals surface area contributed by atoms with Gasteiger partial charge in [-0.15, -0.1) is 0 Å². The first-order valence-electron chi connectivity index (χ1n) is 8.67. The molecule has 1 atom stereocenters. The second kappa shape index (κ2) is 7.56. The van der Waals surface area contributed by atoms with Crippen molar-refractivity contribution in [2.45, 2.75) is 26.3 Å². The summed E-state index contributed by atoms with van der Waals surface area (Å²) in [5.41, 5.74) is 7.45. The highest BCUT2D eigenvalue weighted by atomic mass is 16.5. The molecule has 2 aromatic rings. The van der Waals surface area contributed by atoms with E-state index >= 15 is 0 Å². The van der Waals surface area contributed by atoms with Crippen molar-refractivity contribution in [1.82, 2.24) is 4.57 Å². The third-order valence-electron chi connectivity index (χ3n) is 4.54. The minimum atomic E-state index is -0.709. The molecule has 7 nitrogen and oxygen atoms in total. The lowest BCUT2D eigenvalue weighted by Crippen LogP contribution is -2.33. The molecule has 0 aliphatic carbocycles. The summed E-state index contributed by atoms with van der Waals surface area (Å²) in [6.45, 7) is 4.03. The van der Waals surface area contributed by atoms with Gasteiger partial charge in [-0.3, -0.25) is 4.79 Å². The molecule has 0 unspecified atom stereocenters. The number of hydrogen-bond acceptors (Lipinski definition) is 6. The first kappa shape index (κ1) is 18.5. The maximum atomic E-state index is 13.2. The van der Waals surface area contributed by atoms with Gasteiger partial charge in [-0.2, -0.15) is 5.26 Å². The molecule has 27 heavy (non-hydrogen) atoms. The van der Waals surface area contributed by atoms with Gasteiger partial charge in [-0.1, -0.05) is 18.2 Å². The molecule has 1 aromatic carbocycles. The molecule has 2 heterocycles. The lowest BCUT2D eigenvalue weighted by Gasteiger charge is -2.28. The summed E-state index contributed by atoms with van der Waals surface area (Å²) in [7, 11) is 0. The highest BCUT2D eigenvalue weighted by Gasteiger charge is 2.35. The molecule has 0 saturated carbocycles. The van der Waals surface area contributed by atoms with Gasteiger partial charge >= 0.3 is 0 Å². The van der Waals surface area contributed by atoms with Crippen molar-refractivity contribution in [1.29, 1.82) is 5.26 Å². The molecule has 1 aliphatic rings. The Balaban J connectivity index is 2.33. The Kier molecular flexibility index (Phi) is 5.19. The highest BCUT2D eigenvalue weighted by Crippen LogP contribution is 2.43. The van der Waals surface area contributed by atoms with E-state index in [1.54, 1.807) is 19.1 Å². The highest BCUT2D eigenvalue weighted by molar-refractivity contribution is 5.58. The van der Waals surface area contributed by atoms with E-state index in [0.29, 0.717) is 34.9 Å². The maximum absolute atomic E-state index is 13.2. The Morgan fingerprint density at radius 1 is 1.41 bits per heavy atom. The van der Waals surface area contributed by atoms with Crippen LogP contribution in [0, 0.1) is 18.3 Å². The third kappa shape index (κ3) is 3.15. The van der Waals surface area contributed by atoms with Gasteiger partial charge in [-0.25, -0.2) is 0 Å². The molecule has 0 amide bonds. The second-order valence-electron chi connectivity index (χ2n) is 6.14. The van der Waals surface area contributed by atoms with Crippen molar-refractivity contribution in [3.8, 4) is 17.6 Å². The lowest BCUT2D eigenvalue weighted by molar-refractivity contribution is 0.271. The summed E-state index contributed by atoms with van der Waals surface area (Å²) in [5.74, 6) is 0.158. The zero-order valence-corrected chi connectivity index (χ0v) is 15.2. The largest absolute Gasteiger partial charge is 0.494 e. The Morgan fingerprint density at radius 3 is 2.81 bits per heavy atom. The number of hydrogen-bond donors (Lipinski definition) is 2. The van der Waals surface area contributed by atoms with E-state index in [2.05, 4.69) is 6.07 Å². The van der Waals surface area contributed by atoms with Gasteiger partial charge in [0.2, 0.25) is 5.88 Å². The number of pyridine rings is 1. The van der Waals surface area contributed by atoms with Gasteiger partial charge < -0.3 is 24.9 Å². The zero-order valence-electron chi connectivity index (χ0n) is 15.2. The molecule has 0 bridgehead atoms. The first-order chi connectivity index (χ1) is 13.0. The number of aryl methyl sites for hydroxylation is 1. The monoisotopic (exact) mass is 367 g/mol. The number of benzene rings is 1. The van der Waals surface area contributed by atoms with Crippen LogP contribution < -0.4 is 20.8 Å². The van der Waals surface area contributed by atoms with Gasteiger partial charge in [0, 0.05) is 23.9 Å². The van der Waals surface area contributed by atoms with E-state index in [1.807, 2.05) is 25.1 Å². The van der Waals surface area contributed by atoms with Crippen molar-refractivity contribution in [3.63, 3.8) is 0 Å².